The van der Waals surface area contributed by atoms with Crippen molar-refractivity contribution < 1.29 is 4.79 Å². The van der Waals surface area contributed by atoms with Crippen molar-refractivity contribution in [2.24, 2.45) is 5.92 Å². The number of rotatable bonds is 4. The highest BCUT2D eigenvalue weighted by molar-refractivity contribution is 5.74. The summed E-state index contributed by atoms with van der Waals surface area (Å²) in [6.45, 7) is 2.80. The molecule has 15 heavy (non-hydrogen) atoms. The third-order valence-electron chi connectivity index (χ3n) is 2.81. The molecule has 1 fully saturated rings. The Morgan fingerprint density at radius 3 is 3.00 bits per heavy atom. The van der Waals surface area contributed by atoms with Crippen LogP contribution in [0, 0.1) is 17.2 Å². The second-order valence-electron chi connectivity index (χ2n) is 4.03. The molecule has 1 aliphatic rings. The Morgan fingerprint density at radius 1 is 1.53 bits per heavy atom. The molecule has 0 bridgehead atoms. The lowest BCUT2D eigenvalue weighted by Crippen LogP contribution is -2.43. The van der Waals surface area contributed by atoms with Crippen LogP contribution in [0.25, 0.3) is 0 Å². The Bertz CT molecular complexity index is 247. The van der Waals surface area contributed by atoms with Gasteiger partial charge in [-0.1, -0.05) is 13.3 Å². The van der Waals surface area contributed by atoms with Gasteiger partial charge in [0.05, 0.1) is 12.0 Å². The normalized spacial score (nSPS) is 24.5. The van der Waals surface area contributed by atoms with Crippen LogP contribution in [0.5, 0.6) is 0 Å². The minimum atomic E-state index is -0.129. The summed E-state index contributed by atoms with van der Waals surface area (Å²) < 4.78 is 0. The molecule has 4 nitrogen and oxygen atoms in total. The molecule has 0 heterocycles. The van der Waals surface area contributed by atoms with Crippen molar-refractivity contribution in [2.45, 2.75) is 45.1 Å². The topological polar surface area (TPSA) is 64.9 Å². The average Bonchev–Trinajstić information content (AvgIpc) is 2.65. The number of nitrogens with one attached hydrogen (secondary N) is 2. The van der Waals surface area contributed by atoms with Gasteiger partial charge in [0.25, 0.3) is 0 Å². The molecule has 0 aromatic rings. The van der Waals surface area contributed by atoms with E-state index in [0.29, 0.717) is 6.54 Å². The monoisotopic (exact) mass is 209 g/mol. The van der Waals surface area contributed by atoms with Gasteiger partial charge in [0.15, 0.2) is 0 Å². The number of hydrogen-bond acceptors (Lipinski definition) is 2. The van der Waals surface area contributed by atoms with Gasteiger partial charge in [-0.15, -0.1) is 0 Å². The molecule has 2 amide bonds. The SMILES string of the molecule is CCCCNC(=O)NC1CCCC1C#N. The van der Waals surface area contributed by atoms with Gasteiger partial charge in [-0.25, -0.2) is 4.79 Å². The lowest BCUT2D eigenvalue weighted by Gasteiger charge is -2.15. The highest BCUT2D eigenvalue weighted by atomic mass is 16.2. The third-order valence-corrected chi connectivity index (χ3v) is 2.81. The maximum atomic E-state index is 11.4. The number of amides is 2. The van der Waals surface area contributed by atoms with E-state index < -0.39 is 0 Å². The largest absolute Gasteiger partial charge is 0.338 e. The standard InChI is InChI=1S/C11H19N3O/c1-2-3-7-13-11(15)14-10-6-4-5-9(10)8-12/h9-10H,2-7H2,1H3,(H2,13,14,15). The zero-order valence-electron chi connectivity index (χ0n) is 9.25. The molecule has 2 N–H and O–H groups in total. The molecular weight excluding hydrogens is 190 g/mol. The van der Waals surface area contributed by atoms with E-state index in [4.69, 9.17) is 5.26 Å². The van der Waals surface area contributed by atoms with Crippen molar-refractivity contribution in [3.63, 3.8) is 0 Å². The van der Waals surface area contributed by atoms with Crippen LogP contribution in [0.4, 0.5) is 4.79 Å². The van der Waals surface area contributed by atoms with Crippen molar-refractivity contribution >= 4 is 6.03 Å². The number of unbranched alkanes of at least 4 members (excludes halogenated alkanes) is 1. The molecule has 0 saturated heterocycles. The smallest absolute Gasteiger partial charge is 0.315 e. The van der Waals surface area contributed by atoms with Crippen LogP contribution in [0.2, 0.25) is 0 Å². The van der Waals surface area contributed by atoms with Gasteiger partial charge in [0.1, 0.15) is 0 Å². The minimum absolute atomic E-state index is 0.00178. The van der Waals surface area contributed by atoms with Crippen LogP contribution in [0.1, 0.15) is 39.0 Å². The van der Waals surface area contributed by atoms with Crippen LogP contribution >= 0.6 is 0 Å². The molecule has 0 aromatic heterocycles. The fourth-order valence-electron chi connectivity index (χ4n) is 1.89. The zero-order chi connectivity index (χ0) is 11.1. The predicted octanol–water partition coefficient (Wildman–Crippen LogP) is 1.78. The van der Waals surface area contributed by atoms with Gasteiger partial charge in [-0.05, 0) is 25.7 Å². The van der Waals surface area contributed by atoms with E-state index in [9.17, 15) is 4.79 Å². The summed E-state index contributed by atoms with van der Waals surface area (Å²) in [5, 5.41) is 14.5. The summed E-state index contributed by atoms with van der Waals surface area (Å²) in [7, 11) is 0. The van der Waals surface area contributed by atoms with E-state index in [2.05, 4.69) is 23.6 Å². The van der Waals surface area contributed by atoms with Gasteiger partial charge in [0.2, 0.25) is 0 Å². The Kier molecular flexibility index (Phi) is 4.96. The highest BCUT2D eigenvalue weighted by Crippen LogP contribution is 2.24. The first-order valence-corrected chi connectivity index (χ1v) is 5.72. The van der Waals surface area contributed by atoms with E-state index in [1.807, 2.05) is 0 Å². The zero-order valence-corrected chi connectivity index (χ0v) is 9.25. The maximum Gasteiger partial charge on any atom is 0.315 e. The van der Waals surface area contributed by atoms with Crippen LogP contribution < -0.4 is 10.6 Å². The van der Waals surface area contributed by atoms with Crippen LogP contribution in [-0.2, 0) is 0 Å². The molecule has 1 aliphatic carbocycles. The molecule has 4 heteroatoms. The molecule has 1 saturated carbocycles. The quantitative estimate of drug-likeness (QED) is 0.693. The molecular formula is C11H19N3O. The van der Waals surface area contributed by atoms with Gasteiger partial charge >= 0.3 is 6.03 Å². The molecule has 0 spiro atoms. The van der Waals surface area contributed by atoms with Crippen LogP contribution in [0.15, 0.2) is 0 Å². The van der Waals surface area contributed by atoms with E-state index in [1.165, 1.54) is 0 Å². The lowest BCUT2D eigenvalue weighted by molar-refractivity contribution is 0.235. The molecule has 0 aliphatic heterocycles. The van der Waals surface area contributed by atoms with Crippen molar-refractivity contribution in [2.75, 3.05) is 6.54 Å². The summed E-state index contributed by atoms with van der Waals surface area (Å²) in [5.74, 6) is 0.00178. The second kappa shape index (κ2) is 6.28. The van der Waals surface area contributed by atoms with Crippen LogP contribution in [-0.4, -0.2) is 18.6 Å². The van der Waals surface area contributed by atoms with Crippen molar-refractivity contribution in [1.29, 1.82) is 5.26 Å². The molecule has 2 atom stereocenters. The van der Waals surface area contributed by atoms with E-state index in [1.54, 1.807) is 0 Å². The molecule has 0 aromatic carbocycles. The molecule has 0 radical (unpaired) electrons. The van der Waals surface area contributed by atoms with Crippen molar-refractivity contribution in [1.82, 2.24) is 10.6 Å². The minimum Gasteiger partial charge on any atom is -0.338 e. The Balaban J connectivity index is 2.22. The predicted molar refractivity (Wildman–Crippen MR) is 58.2 cm³/mol. The summed E-state index contributed by atoms with van der Waals surface area (Å²) in [4.78, 5) is 11.4. The van der Waals surface area contributed by atoms with E-state index in [0.717, 1.165) is 32.1 Å². The molecule has 1 rings (SSSR count). The maximum absolute atomic E-state index is 11.4. The summed E-state index contributed by atoms with van der Waals surface area (Å²) in [6.07, 6.45) is 4.96. The summed E-state index contributed by atoms with van der Waals surface area (Å²) in [5.41, 5.74) is 0. The summed E-state index contributed by atoms with van der Waals surface area (Å²) in [6, 6.07) is 2.17. The first kappa shape index (κ1) is 11.8. The van der Waals surface area contributed by atoms with Gasteiger partial charge in [-0.3, -0.25) is 0 Å². The Labute approximate surface area is 91.0 Å². The number of urea groups is 1. The average molecular weight is 209 g/mol. The number of nitriles is 1. The van der Waals surface area contributed by atoms with Gasteiger partial charge in [-0.2, -0.15) is 5.26 Å². The number of hydrogen-bond donors (Lipinski definition) is 2. The highest BCUT2D eigenvalue weighted by Gasteiger charge is 2.28. The van der Waals surface area contributed by atoms with Crippen molar-refractivity contribution in [3.05, 3.63) is 0 Å². The summed E-state index contributed by atoms with van der Waals surface area (Å²) >= 11 is 0. The third kappa shape index (κ3) is 3.78. The first-order valence-electron chi connectivity index (χ1n) is 5.72. The number of carbonyl (C=O) groups is 1. The number of carbonyl (C=O) groups excluding carboxylic acids is 1. The molecule has 2 unspecified atom stereocenters. The Hall–Kier alpha value is -1.24. The van der Waals surface area contributed by atoms with Gasteiger partial charge < -0.3 is 10.6 Å². The fraction of sp³-hybridized carbons (Fsp3) is 0.818. The fourth-order valence-corrected chi connectivity index (χ4v) is 1.89. The van der Waals surface area contributed by atoms with Crippen molar-refractivity contribution in [3.8, 4) is 6.07 Å². The van der Waals surface area contributed by atoms with E-state index >= 15 is 0 Å². The lowest BCUT2D eigenvalue weighted by atomic mass is 10.1. The Morgan fingerprint density at radius 2 is 2.33 bits per heavy atom. The second-order valence-corrected chi connectivity index (χ2v) is 4.03. The molecule has 84 valence electrons. The number of nitrogens with zero attached hydrogens (tertiary/aromatic N) is 1. The first-order chi connectivity index (χ1) is 7.27. The van der Waals surface area contributed by atoms with Crippen LogP contribution in [0.3, 0.4) is 0 Å². The van der Waals surface area contributed by atoms with Gasteiger partial charge in [0, 0.05) is 12.6 Å². The van der Waals surface area contributed by atoms with E-state index in [-0.39, 0.29) is 18.0 Å².